The Hall–Kier alpha value is -1.30. The van der Waals surface area contributed by atoms with Crippen molar-refractivity contribution in [2.24, 2.45) is 0 Å². The first-order chi connectivity index (χ1) is 8.74. The van der Waals surface area contributed by atoms with Crippen molar-refractivity contribution in [1.29, 1.82) is 0 Å². The SMILES string of the molecule is CCNC1COc2cc(OCC(O)CO)ccc21. The lowest BCUT2D eigenvalue weighted by molar-refractivity contribution is 0.0535. The number of hydrogen-bond donors (Lipinski definition) is 3. The van der Waals surface area contributed by atoms with Crippen molar-refractivity contribution in [1.82, 2.24) is 5.32 Å². The number of aliphatic hydroxyl groups excluding tert-OH is 2. The van der Waals surface area contributed by atoms with Crippen molar-refractivity contribution in [3.8, 4) is 11.5 Å². The van der Waals surface area contributed by atoms with Crippen LogP contribution in [-0.4, -0.2) is 42.7 Å². The lowest BCUT2D eigenvalue weighted by atomic mass is 10.1. The zero-order valence-electron chi connectivity index (χ0n) is 10.4. The zero-order chi connectivity index (χ0) is 13.0. The van der Waals surface area contributed by atoms with Crippen LogP contribution in [0.25, 0.3) is 0 Å². The Morgan fingerprint density at radius 2 is 2.39 bits per heavy atom. The van der Waals surface area contributed by atoms with Crippen molar-refractivity contribution < 1.29 is 19.7 Å². The summed E-state index contributed by atoms with van der Waals surface area (Å²) in [6.45, 7) is 3.36. The van der Waals surface area contributed by atoms with Gasteiger partial charge in [0.1, 0.15) is 30.8 Å². The Balaban J connectivity index is 2.00. The molecular weight excluding hydrogens is 234 g/mol. The molecule has 100 valence electrons. The molecule has 1 heterocycles. The molecule has 0 saturated heterocycles. The van der Waals surface area contributed by atoms with Gasteiger partial charge in [0.2, 0.25) is 0 Å². The van der Waals surface area contributed by atoms with Crippen LogP contribution in [0.3, 0.4) is 0 Å². The molecule has 1 aromatic rings. The normalized spacial score (nSPS) is 19.2. The summed E-state index contributed by atoms with van der Waals surface area (Å²) in [4.78, 5) is 0. The number of fused-ring (bicyclic) bond motifs is 1. The van der Waals surface area contributed by atoms with E-state index in [1.54, 1.807) is 0 Å². The number of hydrogen-bond acceptors (Lipinski definition) is 5. The largest absolute Gasteiger partial charge is 0.491 e. The molecule has 2 rings (SSSR count). The zero-order valence-corrected chi connectivity index (χ0v) is 10.4. The van der Waals surface area contributed by atoms with E-state index in [0.29, 0.717) is 12.4 Å². The number of nitrogens with one attached hydrogen (secondary N) is 1. The van der Waals surface area contributed by atoms with Crippen molar-refractivity contribution in [3.05, 3.63) is 23.8 Å². The smallest absolute Gasteiger partial charge is 0.127 e. The van der Waals surface area contributed by atoms with Crippen LogP contribution in [-0.2, 0) is 0 Å². The summed E-state index contributed by atoms with van der Waals surface area (Å²) in [5.41, 5.74) is 1.13. The van der Waals surface area contributed by atoms with Gasteiger partial charge in [-0.3, -0.25) is 0 Å². The van der Waals surface area contributed by atoms with E-state index >= 15 is 0 Å². The molecule has 0 aliphatic carbocycles. The molecule has 0 saturated carbocycles. The molecule has 5 nitrogen and oxygen atoms in total. The van der Waals surface area contributed by atoms with Gasteiger partial charge in [0.05, 0.1) is 12.6 Å². The van der Waals surface area contributed by atoms with E-state index in [9.17, 15) is 5.11 Å². The van der Waals surface area contributed by atoms with E-state index in [4.69, 9.17) is 14.6 Å². The molecule has 0 radical (unpaired) electrons. The van der Waals surface area contributed by atoms with Gasteiger partial charge in [0.25, 0.3) is 0 Å². The standard InChI is InChI=1S/C13H19NO4/c1-2-14-12-8-18-13-5-10(3-4-11(12)13)17-7-9(16)6-15/h3-5,9,12,14-16H,2,6-8H2,1H3. The molecule has 1 aliphatic rings. The summed E-state index contributed by atoms with van der Waals surface area (Å²) in [6, 6.07) is 5.87. The Kier molecular flexibility index (Phi) is 4.41. The molecule has 2 atom stereocenters. The second kappa shape index (κ2) is 6.04. The van der Waals surface area contributed by atoms with Gasteiger partial charge in [-0.15, -0.1) is 0 Å². The molecule has 0 bridgehead atoms. The third kappa shape index (κ3) is 2.93. The number of ether oxygens (including phenoxy) is 2. The van der Waals surface area contributed by atoms with Gasteiger partial charge in [-0.2, -0.15) is 0 Å². The van der Waals surface area contributed by atoms with Crippen LogP contribution in [0.1, 0.15) is 18.5 Å². The third-order valence-electron chi connectivity index (χ3n) is 2.87. The quantitative estimate of drug-likeness (QED) is 0.687. The fourth-order valence-corrected chi connectivity index (χ4v) is 1.94. The number of benzene rings is 1. The van der Waals surface area contributed by atoms with E-state index in [1.165, 1.54) is 0 Å². The molecule has 2 unspecified atom stereocenters. The van der Waals surface area contributed by atoms with Crippen LogP contribution < -0.4 is 14.8 Å². The highest BCUT2D eigenvalue weighted by molar-refractivity contribution is 5.45. The van der Waals surface area contributed by atoms with Crippen molar-refractivity contribution in [2.45, 2.75) is 19.1 Å². The van der Waals surface area contributed by atoms with Crippen LogP contribution in [0, 0.1) is 0 Å². The molecule has 1 aromatic carbocycles. The molecule has 0 spiro atoms. The highest BCUT2D eigenvalue weighted by Crippen LogP contribution is 2.35. The third-order valence-corrected chi connectivity index (χ3v) is 2.87. The van der Waals surface area contributed by atoms with Gasteiger partial charge in [0.15, 0.2) is 0 Å². The van der Waals surface area contributed by atoms with E-state index in [0.717, 1.165) is 17.9 Å². The maximum atomic E-state index is 9.21. The second-order valence-corrected chi connectivity index (χ2v) is 4.27. The number of likely N-dealkylation sites (N-methyl/N-ethyl adjacent to an activating group) is 1. The highest BCUT2D eigenvalue weighted by atomic mass is 16.5. The molecule has 5 heteroatoms. The molecule has 0 amide bonds. The fourth-order valence-electron chi connectivity index (χ4n) is 1.94. The number of aliphatic hydroxyl groups is 2. The van der Waals surface area contributed by atoms with Crippen LogP contribution in [0.15, 0.2) is 18.2 Å². The predicted octanol–water partition coefficient (Wildman–Crippen LogP) is 0.462. The summed E-state index contributed by atoms with van der Waals surface area (Å²) in [5.74, 6) is 1.45. The van der Waals surface area contributed by atoms with Crippen molar-refractivity contribution >= 4 is 0 Å². The highest BCUT2D eigenvalue weighted by Gasteiger charge is 2.23. The summed E-state index contributed by atoms with van der Waals surface area (Å²) in [7, 11) is 0. The average Bonchev–Trinajstić information content (AvgIpc) is 2.79. The monoisotopic (exact) mass is 253 g/mol. The van der Waals surface area contributed by atoms with Gasteiger partial charge in [0, 0.05) is 11.6 Å². The molecule has 1 aliphatic heterocycles. The summed E-state index contributed by atoms with van der Waals surface area (Å²) in [5, 5.41) is 21.2. The Bertz CT molecular complexity index is 397. The topological polar surface area (TPSA) is 71.0 Å². The fraction of sp³-hybridized carbons (Fsp3) is 0.538. The Morgan fingerprint density at radius 3 is 3.11 bits per heavy atom. The van der Waals surface area contributed by atoms with Crippen molar-refractivity contribution in [3.63, 3.8) is 0 Å². The second-order valence-electron chi connectivity index (χ2n) is 4.27. The molecular formula is C13H19NO4. The summed E-state index contributed by atoms with van der Waals surface area (Å²) >= 11 is 0. The van der Waals surface area contributed by atoms with Crippen LogP contribution >= 0.6 is 0 Å². The van der Waals surface area contributed by atoms with Crippen molar-refractivity contribution in [2.75, 3.05) is 26.4 Å². The molecule has 18 heavy (non-hydrogen) atoms. The van der Waals surface area contributed by atoms with E-state index in [2.05, 4.69) is 12.2 Å². The number of rotatable bonds is 6. The van der Waals surface area contributed by atoms with Crippen LogP contribution in [0.5, 0.6) is 11.5 Å². The first-order valence-electron chi connectivity index (χ1n) is 6.16. The van der Waals surface area contributed by atoms with Crippen LogP contribution in [0.4, 0.5) is 0 Å². The van der Waals surface area contributed by atoms with Gasteiger partial charge in [-0.05, 0) is 18.7 Å². The minimum atomic E-state index is -0.853. The molecule has 3 N–H and O–H groups in total. The summed E-state index contributed by atoms with van der Waals surface area (Å²) in [6.07, 6.45) is -0.853. The Morgan fingerprint density at radius 1 is 1.56 bits per heavy atom. The van der Waals surface area contributed by atoms with Gasteiger partial charge in [-0.25, -0.2) is 0 Å². The first kappa shape index (κ1) is 13.1. The van der Waals surface area contributed by atoms with Gasteiger partial charge in [-0.1, -0.05) is 6.92 Å². The van der Waals surface area contributed by atoms with Gasteiger partial charge < -0.3 is 25.0 Å². The maximum Gasteiger partial charge on any atom is 0.127 e. The lowest BCUT2D eigenvalue weighted by Crippen LogP contribution is -2.21. The summed E-state index contributed by atoms with van der Waals surface area (Å²) < 4.78 is 11.0. The minimum Gasteiger partial charge on any atom is -0.491 e. The average molecular weight is 253 g/mol. The van der Waals surface area contributed by atoms with E-state index in [-0.39, 0.29) is 19.3 Å². The first-order valence-corrected chi connectivity index (χ1v) is 6.16. The molecule has 0 fully saturated rings. The van der Waals surface area contributed by atoms with Crippen LogP contribution in [0.2, 0.25) is 0 Å². The predicted molar refractivity (Wildman–Crippen MR) is 66.9 cm³/mol. The lowest BCUT2D eigenvalue weighted by Gasteiger charge is -2.11. The minimum absolute atomic E-state index is 0.0753. The van der Waals surface area contributed by atoms with Gasteiger partial charge >= 0.3 is 0 Å². The molecule has 0 aromatic heterocycles. The van der Waals surface area contributed by atoms with E-state index in [1.807, 2.05) is 18.2 Å². The van der Waals surface area contributed by atoms with E-state index < -0.39 is 6.10 Å². The Labute approximate surface area is 106 Å². The maximum absolute atomic E-state index is 9.21.